The summed E-state index contributed by atoms with van der Waals surface area (Å²) in [5.74, 6) is 2.23. The van der Waals surface area contributed by atoms with Gasteiger partial charge in [-0.05, 0) is 11.8 Å². The smallest absolute Gasteiger partial charge is 0.152 e. The molecule has 0 aliphatic heterocycles. The number of benzene rings is 1. The molecule has 1 aromatic heterocycles. The Labute approximate surface area is 99.6 Å². The molecule has 2 rings (SSSR count). The highest BCUT2D eigenvalue weighted by Crippen LogP contribution is 2.20. The summed E-state index contributed by atoms with van der Waals surface area (Å²) in [6, 6.07) is 8.06. The molecule has 0 unspecified atom stereocenters. The molecule has 0 saturated carbocycles. The molecule has 0 saturated heterocycles. The number of aromatic nitrogens is 1. The molecule has 0 aliphatic carbocycles. The minimum atomic E-state index is 0.789. The maximum atomic E-state index is 10.9. The van der Waals surface area contributed by atoms with Gasteiger partial charge in [-0.2, -0.15) is 11.8 Å². The van der Waals surface area contributed by atoms with Crippen LogP contribution in [0.3, 0.4) is 0 Å². The van der Waals surface area contributed by atoms with Gasteiger partial charge in [0, 0.05) is 35.0 Å². The molecule has 0 radical (unpaired) electrons. The van der Waals surface area contributed by atoms with Crippen molar-refractivity contribution in [3.63, 3.8) is 0 Å². The van der Waals surface area contributed by atoms with Gasteiger partial charge in [-0.15, -0.1) is 0 Å². The molecule has 0 spiro atoms. The molecule has 1 aromatic carbocycles. The second-order valence-corrected chi connectivity index (χ2v) is 5.00. The Bertz CT molecular complexity index is 490. The number of carbonyl (C=O) groups excluding carboxylic acids is 1. The number of para-hydroxylation sites is 1. The van der Waals surface area contributed by atoms with Gasteiger partial charge in [-0.3, -0.25) is 4.79 Å². The normalized spacial score (nSPS) is 10.8. The van der Waals surface area contributed by atoms with Gasteiger partial charge in [0.1, 0.15) is 0 Å². The number of aryl methyl sites for hydroxylation is 1. The molecule has 16 heavy (non-hydrogen) atoms. The van der Waals surface area contributed by atoms with Crippen LogP contribution in [0.5, 0.6) is 0 Å². The Morgan fingerprint density at radius 1 is 1.38 bits per heavy atom. The second kappa shape index (κ2) is 5.21. The molecular formula is C13H15NOS. The SMILES string of the molecule is CCSCCn1cc(C=O)c2ccccc21. The fourth-order valence-electron chi connectivity index (χ4n) is 1.86. The topological polar surface area (TPSA) is 22.0 Å². The summed E-state index contributed by atoms with van der Waals surface area (Å²) >= 11 is 1.92. The van der Waals surface area contributed by atoms with Crippen LogP contribution in [0.1, 0.15) is 17.3 Å². The number of carbonyl (C=O) groups is 1. The van der Waals surface area contributed by atoms with E-state index < -0.39 is 0 Å². The number of aldehydes is 1. The third-order valence-corrected chi connectivity index (χ3v) is 3.51. The molecule has 0 amide bonds. The first-order chi connectivity index (χ1) is 7.86. The first-order valence-corrected chi connectivity index (χ1v) is 6.63. The largest absolute Gasteiger partial charge is 0.346 e. The third-order valence-electron chi connectivity index (χ3n) is 2.63. The lowest BCUT2D eigenvalue weighted by atomic mass is 10.2. The lowest BCUT2D eigenvalue weighted by Crippen LogP contribution is -1.98. The summed E-state index contributed by atoms with van der Waals surface area (Å²) in [5.41, 5.74) is 1.94. The molecule has 0 aliphatic rings. The van der Waals surface area contributed by atoms with Crippen LogP contribution < -0.4 is 0 Å². The summed E-state index contributed by atoms with van der Waals surface area (Å²) in [6.45, 7) is 3.13. The lowest BCUT2D eigenvalue weighted by molar-refractivity contribution is 0.112. The number of hydrogen-bond donors (Lipinski definition) is 0. The number of thioether (sulfide) groups is 1. The van der Waals surface area contributed by atoms with Crippen LogP contribution in [-0.2, 0) is 6.54 Å². The van der Waals surface area contributed by atoms with Gasteiger partial charge in [0.2, 0.25) is 0 Å². The van der Waals surface area contributed by atoms with Crippen molar-refractivity contribution >= 4 is 29.0 Å². The average Bonchev–Trinajstić information content (AvgIpc) is 2.68. The van der Waals surface area contributed by atoms with Gasteiger partial charge in [-0.25, -0.2) is 0 Å². The van der Waals surface area contributed by atoms with Crippen LogP contribution in [0.25, 0.3) is 10.9 Å². The van der Waals surface area contributed by atoms with Crippen LogP contribution >= 0.6 is 11.8 Å². The van der Waals surface area contributed by atoms with Crippen molar-refractivity contribution in [1.82, 2.24) is 4.57 Å². The summed E-state index contributed by atoms with van der Waals surface area (Å²) < 4.78 is 2.17. The zero-order chi connectivity index (χ0) is 11.4. The van der Waals surface area contributed by atoms with Crippen molar-refractivity contribution in [3.8, 4) is 0 Å². The van der Waals surface area contributed by atoms with E-state index in [0.717, 1.165) is 40.8 Å². The Kier molecular flexibility index (Phi) is 3.67. The predicted octanol–water partition coefficient (Wildman–Crippen LogP) is 3.21. The minimum absolute atomic E-state index is 0.789. The van der Waals surface area contributed by atoms with Gasteiger partial charge in [0.25, 0.3) is 0 Å². The first-order valence-electron chi connectivity index (χ1n) is 5.47. The van der Waals surface area contributed by atoms with E-state index in [0.29, 0.717) is 0 Å². The highest BCUT2D eigenvalue weighted by atomic mass is 32.2. The molecule has 3 heteroatoms. The molecule has 2 aromatic rings. The first kappa shape index (κ1) is 11.3. The zero-order valence-electron chi connectivity index (χ0n) is 9.35. The number of nitrogens with zero attached hydrogens (tertiary/aromatic N) is 1. The molecule has 0 atom stereocenters. The zero-order valence-corrected chi connectivity index (χ0v) is 10.2. The van der Waals surface area contributed by atoms with E-state index in [2.05, 4.69) is 17.6 Å². The maximum Gasteiger partial charge on any atom is 0.152 e. The molecule has 0 N–H and O–H groups in total. The molecule has 1 heterocycles. The van der Waals surface area contributed by atoms with E-state index in [9.17, 15) is 4.79 Å². The van der Waals surface area contributed by atoms with Gasteiger partial charge < -0.3 is 4.57 Å². The van der Waals surface area contributed by atoms with E-state index in [4.69, 9.17) is 0 Å². The monoisotopic (exact) mass is 233 g/mol. The molecule has 0 fully saturated rings. The van der Waals surface area contributed by atoms with Gasteiger partial charge >= 0.3 is 0 Å². The van der Waals surface area contributed by atoms with Crippen molar-refractivity contribution in [2.45, 2.75) is 13.5 Å². The number of fused-ring (bicyclic) bond motifs is 1. The van der Waals surface area contributed by atoms with Crippen LogP contribution in [0.15, 0.2) is 30.5 Å². The minimum Gasteiger partial charge on any atom is -0.346 e. The Morgan fingerprint density at radius 3 is 2.94 bits per heavy atom. The van der Waals surface area contributed by atoms with Crippen LogP contribution in [0.2, 0.25) is 0 Å². The Hall–Kier alpha value is -1.22. The van der Waals surface area contributed by atoms with E-state index in [-0.39, 0.29) is 0 Å². The summed E-state index contributed by atoms with van der Waals surface area (Å²) in [4.78, 5) is 10.9. The number of rotatable bonds is 5. The fraction of sp³-hybridized carbons (Fsp3) is 0.308. The molecule has 0 bridgehead atoms. The standard InChI is InChI=1S/C13H15NOS/c1-2-16-8-7-14-9-11(10-15)12-5-3-4-6-13(12)14/h3-6,9-10H,2,7-8H2,1H3. The van der Waals surface area contributed by atoms with Crippen molar-refractivity contribution < 1.29 is 4.79 Å². The van der Waals surface area contributed by atoms with E-state index in [1.54, 1.807) is 0 Å². The highest BCUT2D eigenvalue weighted by molar-refractivity contribution is 7.99. The maximum absolute atomic E-state index is 10.9. The molecule has 84 valence electrons. The average molecular weight is 233 g/mol. The van der Waals surface area contributed by atoms with Crippen molar-refractivity contribution in [3.05, 3.63) is 36.0 Å². The quantitative estimate of drug-likeness (QED) is 0.584. The van der Waals surface area contributed by atoms with Gasteiger partial charge in [0.05, 0.1) is 0 Å². The lowest BCUT2D eigenvalue weighted by Gasteiger charge is -2.03. The Balaban J connectivity index is 2.33. The summed E-state index contributed by atoms with van der Waals surface area (Å²) in [6.07, 6.45) is 2.89. The van der Waals surface area contributed by atoms with E-state index in [1.165, 1.54) is 0 Å². The van der Waals surface area contributed by atoms with Crippen LogP contribution in [0, 0.1) is 0 Å². The fourth-order valence-corrected chi connectivity index (χ4v) is 2.48. The van der Waals surface area contributed by atoms with Crippen LogP contribution in [-0.4, -0.2) is 22.4 Å². The van der Waals surface area contributed by atoms with Gasteiger partial charge in [0.15, 0.2) is 6.29 Å². The Morgan fingerprint density at radius 2 is 2.19 bits per heavy atom. The van der Waals surface area contributed by atoms with Gasteiger partial charge in [-0.1, -0.05) is 25.1 Å². The highest BCUT2D eigenvalue weighted by Gasteiger charge is 2.06. The van der Waals surface area contributed by atoms with Crippen molar-refractivity contribution in [1.29, 1.82) is 0 Å². The van der Waals surface area contributed by atoms with Crippen molar-refractivity contribution in [2.24, 2.45) is 0 Å². The van der Waals surface area contributed by atoms with Crippen LogP contribution in [0.4, 0.5) is 0 Å². The second-order valence-electron chi connectivity index (χ2n) is 3.61. The molecular weight excluding hydrogens is 218 g/mol. The third kappa shape index (κ3) is 2.14. The van der Waals surface area contributed by atoms with E-state index >= 15 is 0 Å². The van der Waals surface area contributed by atoms with E-state index in [1.807, 2.05) is 36.2 Å². The number of hydrogen-bond acceptors (Lipinski definition) is 2. The summed E-state index contributed by atoms with van der Waals surface area (Å²) in [5, 5.41) is 1.05. The molecule has 2 nitrogen and oxygen atoms in total. The van der Waals surface area contributed by atoms with Crippen molar-refractivity contribution in [2.75, 3.05) is 11.5 Å². The summed E-state index contributed by atoms with van der Waals surface area (Å²) in [7, 11) is 0. The predicted molar refractivity (Wildman–Crippen MR) is 70.3 cm³/mol.